The fraction of sp³-hybridized carbons (Fsp3) is 1.00. The van der Waals surface area contributed by atoms with Gasteiger partial charge in [-0.2, -0.15) is 12.6 Å². The van der Waals surface area contributed by atoms with Crippen LogP contribution in [-0.2, 0) is 4.43 Å². The minimum absolute atomic E-state index is 1.00. The molecular weight excluding hydrogens is 160 g/mol. The maximum atomic E-state index is 5.80. The van der Waals surface area contributed by atoms with Gasteiger partial charge in [0.1, 0.15) is 0 Å². The van der Waals surface area contributed by atoms with Gasteiger partial charge in [-0.3, -0.25) is 0 Å². The highest BCUT2D eigenvalue weighted by Crippen LogP contribution is 2.25. The monoisotopic (exact) mass is 176 g/mol. The van der Waals surface area contributed by atoms with Gasteiger partial charge >= 0.3 is 0 Å². The van der Waals surface area contributed by atoms with E-state index in [0.717, 1.165) is 12.4 Å². The van der Waals surface area contributed by atoms with Crippen molar-refractivity contribution in [3.05, 3.63) is 0 Å². The van der Waals surface area contributed by atoms with Crippen LogP contribution in [0.15, 0.2) is 0 Å². The molecule has 1 rings (SSSR count). The lowest BCUT2D eigenvalue weighted by molar-refractivity contribution is 0.271. The molecule has 1 nitrogen and oxygen atoms in total. The number of rotatable bonds is 2. The molecule has 0 aromatic carbocycles. The Morgan fingerprint density at radius 3 is 2.80 bits per heavy atom. The van der Waals surface area contributed by atoms with E-state index in [1.165, 1.54) is 24.9 Å². The normalized spacial score (nSPS) is 34.2. The summed E-state index contributed by atoms with van der Waals surface area (Å²) in [7, 11) is -1.21. The first-order valence-electron chi connectivity index (χ1n) is 4.02. The number of hydrogen-bond acceptors (Lipinski definition) is 2. The van der Waals surface area contributed by atoms with E-state index < -0.39 is 8.32 Å². The molecule has 0 amide bonds. The first-order chi connectivity index (χ1) is 4.77. The molecule has 0 spiro atoms. The molecule has 1 aliphatic rings. The number of hydrogen-bond donors (Lipinski definition) is 1. The molecule has 1 fully saturated rings. The number of thiol groups is 1. The standard InChI is InChI=1S/C7H16OSSi/c1-10(7-5-9)6-3-2-4-8-10/h9H,2-7H2,1H3. The summed E-state index contributed by atoms with van der Waals surface area (Å²) in [4.78, 5) is 0. The molecule has 0 bridgehead atoms. The zero-order chi connectivity index (χ0) is 7.45. The molecule has 0 saturated carbocycles. The lowest BCUT2D eigenvalue weighted by Crippen LogP contribution is -2.38. The van der Waals surface area contributed by atoms with Crippen LogP contribution in [0.2, 0.25) is 18.6 Å². The Morgan fingerprint density at radius 1 is 1.50 bits per heavy atom. The van der Waals surface area contributed by atoms with Crippen LogP contribution in [0.3, 0.4) is 0 Å². The van der Waals surface area contributed by atoms with Crippen LogP contribution >= 0.6 is 12.6 Å². The molecule has 1 heterocycles. The van der Waals surface area contributed by atoms with Crippen molar-refractivity contribution in [3.63, 3.8) is 0 Å². The van der Waals surface area contributed by atoms with Gasteiger partial charge in [-0.05, 0) is 30.8 Å². The average Bonchev–Trinajstić information content (AvgIpc) is 1.89. The Labute approximate surface area is 69.7 Å². The van der Waals surface area contributed by atoms with E-state index in [0.29, 0.717) is 0 Å². The minimum atomic E-state index is -1.21. The molecule has 3 heteroatoms. The van der Waals surface area contributed by atoms with Crippen molar-refractivity contribution in [1.82, 2.24) is 0 Å². The van der Waals surface area contributed by atoms with Gasteiger partial charge in [0.15, 0.2) is 8.32 Å². The van der Waals surface area contributed by atoms with Crippen LogP contribution in [0.1, 0.15) is 12.8 Å². The van der Waals surface area contributed by atoms with E-state index >= 15 is 0 Å². The zero-order valence-electron chi connectivity index (χ0n) is 6.60. The Kier molecular flexibility index (Phi) is 3.26. The second-order valence-corrected chi connectivity index (χ2v) is 7.86. The molecule has 1 aliphatic heterocycles. The third kappa shape index (κ3) is 2.29. The van der Waals surface area contributed by atoms with Crippen molar-refractivity contribution in [3.8, 4) is 0 Å². The Hall–Kier alpha value is 0.527. The molecular formula is C7H16OSSi. The SMILES string of the molecule is C[Si]1(CCS)CCCCO1. The summed E-state index contributed by atoms with van der Waals surface area (Å²) in [6, 6.07) is 2.59. The van der Waals surface area contributed by atoms with Crippen molar-refractivity contribution in [2.75, 3.05) is 12.4 Å². The van der Waals surface area contributed by atoms with Gasteiger partial charge in [0.05, 0.1) is 0 Å². The highest BCUT2D eigenvalue weighted by molar-refractivity contribution is 7.80. The minimum Gasteiger partial charge on any atom is -0.417 e. The maximum absolute atomic E-state index is 5.80. The molecule has 10 heavy (non-hydrogen) atoms. The summed E-state index contributed by atoms with van der Waals surface area (Å²) in [6.45, 7) is 3.35. The molecule has 0 N–H and O–H groups in total. The van der Waals surface area contributed by atoms with E-state index in [1.54, 1.807) is 0 Å². The van der Waals surface area contributed by atoms with Crippen LogP contribution < -0.4 is 0 Å². The van der Waals surface area contributed by atoms with Gasteiger partial charge in [-0.25, -0.2) is 0 Å². The second kappa shape index (κ2) is 3.79. The Bertz CT molecular complexity index is 96.3. The van der Waals surface area contributed by atoms with E-state index in [-0.39, 0.29) is 0 Å². The molecule has 0 aromatic rings. The van der Waals surface area contributed by atoms with Crippen molar-refractivity contribution >= 4 is 20.9 Å². The smallest absolute Gasteiger partial charge is 0.190 e. The van der Waals surface area contributed by atoms with E-state index in [2.05, 4.69) is 19.2 Å². The van der Waals surface area contributed by atoms with Gasteiger partial charge in [-0.1, -0.05) is 6.42 Å². The quantitative estimate of drug-likeness (QED) is 0.502. The van der Waals surface area contributed by atoms with Crippen molar-refractivity contribution in [2.45, 2.75) is 31.5 Å². The summed E-state index contributed by atoms with van der Waals surface area (Å²) in [6.07, 6.45) is 2.66. The van der Waals surface area contributed by atoms with Gasteiger partial charge in [0, 0.05) is 6.61 Å². The Morgan fingerprint density at radius 2 is 2.30 bits per heavy atom. The van der Waals surface area contributed by atoms with Crippen molar-refractivity contribution in [2.24, 2.45) is 0 Å². The summed E-state index contributed by atoms with van der Waals surface area (Å²) in [5.41, 5.74) is 0. The molecule has 1 unspecified atom stereocenters. The topological polar surface area (TPSA) is 9.23 Å². The van der Waals surface area contributed by atoms with Gasteiger partial charge in [0.2, 0.25) is 0 Å². The third-order valence-electron chi connectivity index (χ3n) is 2.19. The van der Waals surface area contributed by atoms with Crippen LogP contribution in [-0.4, -0.2) is 20.7 Å². The summed E-state index contributed by atoms with van der Waals surface area (Å²) >= 11 is 4.24. The zero-order valence-corrected chi connectivity index (χ0v) is 8.49. The van der Waals surface area contributed by atoms with Gasteiger partial charge in [0.25, 0.3) is 0 Å². The van der Waals surface area contributed by atoms with Crippen molar-refractivity contribution in [1.29, 1.82) is 0 Å². The van der Waals surface area contributed by atoms with E-state index in [1.807, 2.05) is 0 Å². The van der Waals surface area contributed by atoms with E-state index in [9.17, 15) is 0 Å². The molecule has 1 saturated heterocycles. The fourth-order valence-corrected chi connectivity index (χ4v) is 5.49. The second-order valence-electron chi connectivity index (χ2n) is 3.23. The summed E-state index contributed by atoms with van der Waals surface area (Å²) in [5.74, 6) is 1.00. The van der Waals surface area contributed by atoms with Crippen molar-refractivity contribution < 1.29 is 4.43 Å². The average molecular weight is 176 g/mol. The molecule has 0 radical (unpaired) electrons. The summed E-state index contributed by atoms with van der Waals surface area (Å²) in [5, 5.41) is 0. The lowest BCUT2D eigenvalue weighted by Gasteiger charge is -2.30. The van der Waals surface area contributed by atoms with E-state index in [4.69, 9.17) is 4.43 Å². The molecule has 0 aliphatic carbocycles. The highest BCUT2D eigenvalue weighted by Gasteiger charge is 2.29. The predicted molar refractivity (Wildman–Crippen MR) is 50.3 cm³/mol. The third-order valence-corrected chi connectivity index (χ3v) is 6.46. The fourth-order valence-electron chi connectivity index (χ4n) is 1.43. The largest absolute Gasteiger partial charge is 0.417 e. The van der Waals surface area contributed by atoms with Gasteiger partial charge in [-0.15, -0.1) is 0 Å². The van der Waals surface area contributed by atoms with Gasteiger partial charge < -0.3 is 4.43 Å². The summed E-state index contributed by atoms with van der Waals surface area (Å²) < 4.78 is 5.80. The van der Waals surface area contributed by atoms with Crippen LogP contribution in [0.5, 0.6) is 0 Å². The molecule has 0 aromatic heterocycles. The van der Waals surface area contributed by atoms with Crippen LogP contribution in [0.4, 0.5) is 0 Å². The first-order valence-corrected chi connectivity index (χ1v) is 7.47. The molecule has 1 atom stereocenters. The molecule has 60 valence electrons. The first kappa shape index (κ1) is 8.62. The highest BCUT2D eigenvalue weighted by atomic mass is 32.1. The van der Waals surface area contributed by atoms with Crippen LogP contribution in [0, 0.1) is 0 Å². The predicted octanol–water partition coefficient (Wildman–Crippen LogP) is 2.30. The Balaban J connectivity index is 2.32. The van der Waals surface area contributed by atoms with Crippen LogP contribution in [0.25, 0.3) is 0 Å². The lowest BCUT2D eigenvalue weighted by atomic mass is 10.4. The maximum Gasteiger partial charge on any atom is 0.190 e.